The molecule has 1 aromatic heterocycles. The summed E-state index contributed by atoms with van der Waals surface area (Å²) in [6.45, 7) is 1.68. The molecule has 0 radical (unpaired) electrons. The van der Waals surface area contributed by atoms with Gasteiger partial charge in [0, 0.05) is 17.6 Å². The highest BCUT2D eigenvalue weighted by atomic mass is 35.5. The quantitative estimate of drug-likeness (QED) is 0.556. The predicted octanol–water partition coefficient (Wildman–Crippen LogP) is 1.64. The van der Waals surface area contributed by atoms with Gasteiger partial charge in [-0.2, -0.15) is 4.98 Å². The van der Waals surface area contributed by atoms with E-state index in [1.165, 1.54) is 11.1 Å². The highest BCUT2D eigenvalue weighted by molar-refractivity contribution is 6.31. The van der Waals surface area contributed by atoms with E-state index in [4.69, 9.17) is 26.8 Å². The summed E-state index contributed by atoms with van der Waals surface area (Å²) in [4.78, 5) is 33.6. The topological polar surface area (TPSA) is 132 Å². The zero-order valence-electron chi connectivity index (χ0n) is 17.2. The van der Waals surface area contributed by atoms with Gasteiger partial charge in [-0.25, -0.2) is 14.7 Å². The largest absolute Gasteiger partial charge is 0.478 e. The maximum atomic E-state index is 12.3. The molecule has 1 saturated heterocycles. The Morgan fingerprint density at radius 1 is 1.34 bits per heavy atom. The van der Waals surface area contributed by atoms with E-state index < -0.39 is 6.09 Å². The van der Waals surface area contributed by atoms with E-state index in [9.17, 15) is 9.59 Å². The Morgan fingerprint density at radius 2 is 2.22 bits per heavy atom. The molecule has 0 spiro atoms. The zero-order valence-corrected chi connectivity index (χ0v) is 18.0. The molecule has 2 aliphatic heterocycles. The van der Waals surface area contributed by atoms with Crippen LogP contribution in [0.15, 0.2) is 24.4 Å². The second kappa shape index (κ2) is 8.53. The number of hydrogen-bond acceptors (Lipinski definition) is 8. The van der Waals surface area contributed by atoms with E-state index in [-0.39, 0.29) is 42.3 Å². The molecule has 0 saturated carbocycles. The predicted molar refractivity (Wildman–Crippen MR) is 117 cm³/mol. The number of aromatic nitrogens is 2. The Bertz CT molecular complexity index is 1070. The first-order valence-electron chi connectivity index (χ1n) is 10.5. The summed E-state index contributed by atoms with van der Waals surface area (Å²) in [6, 6.07) is 5.83. The summed E-state index contributed by atoms with van der Waals surface area (Å²) in [7, 11) is 0. The molecule has 4 N–H and O–H groups in total. The third-order valence-corrected chi connectivity index (χ3v) is 6.37. The van der Waals surface area contributed by atoms with Gasteiger partial charge in [0.2, 0.25) is 5.95 Å². The first-order chi connectivity index (χ1) is 15.5. The summed E-state index contributed by atoms with van der Waals surface area (Å²) < 4.78 is 10.7. The highest BCUT2D eigenvalue weighted by Crippen LogP contribution is 2.37. The molecule has 10 nitrogen and oxygen atoms in total. The van der Waals surface area contributed by atoms with Gasteiger partial charge in [0.15, 0.2) is 18.2 Å². The molecule has 3 atom stereocenters. The van der Waals surface area contributed by atoms with E-state index in [1.807, 2.05) is 18.2 Å². The Morgan fingerprint density at radius 3 is 3.06 bits per heavy atom. The van der Waals surface area contributed by atoms with Gasteiger partial charge in [-0.15, -0.1) is 0 Å². The van der Waals surface area contributed by atoms with Crippen molar-refractivity contribution in [1.29, 1.82) is 0 Å². The minimum absolute atomic E-state index is 0.0402. The zero-order chi connectivity index (χ0) is 22.2. The summed E-state index contributed by atoms with van der Waals surface area (Å²) in [6.07, 6.45) is 2.13. The van der Waals surface area contributed by atoms with Crippen LogP contribution in [0.1, 0.15) is 23.6 Å². The summed E-state index contributed by atoms with van der Waals surface area (Å²) >= 11 is 6.31. The third kappa shape index (κ3) is 3.96. The van der Waals surface area contributed by atoms with E-state index >= 15 is 0 Å². The number of cyclic esters (lactones) is 1. The lowest BCUT2D eigenvalue weighted by Crippen LogP contribution is -2.32. The van der Waals surface area contributed by atoms with Crippen molar-refractivity contribution in [2.45, 2.75) is 25.0 Å². The number of nitrogens with one attached hydrogen (secondary N) is 2. The molecule has 3 unspecified atom stereocenters. The maximum absolute atomic E-state index is 12.3. The minimum Gasteiger partial charge on any atom is -0.478 e. The number of ether oxygens (including phenoxy) is 2. The van der Waals surface area contributed by atoms with Crippen LogP contribution in [0.5, 0.6) is 5.75 Å². The Hall–Kier alpha value is -2.95. The van der Waals surface area contributed by atoms with E-state index in [0.717, 1.165) is 29.1 Å². The van der Waals surface area contributed by atoms with Gasteiger partial charge in [-0.1, -0.05) is 23.7 Å². The van der Waals surface area contributed by atoms with Crippen molar-refractivity contribution in [2.75, 3.05) is 36.5 Å². The molecule has 2 aromatic rings. The number of hydrogen-bond donors (Lipinski definition) is 3. The number of fused-ring (bicyclic) bond motifs is 2. The van der Waals surface area contributed by atoms with Crippen LogP contribution in [0.25, 0.3) is 0 Å². The van der Waals surface area contributed by atoms with Crippen LogP contribution in [0.3, 0.4) is 0 Å². The number of carbonyl (C=O) groups is 2. The highest BCUT2D eigenvalue weighted by Gasteiger charge is 2.35. The number of benzene rings is 1. The first-order valence-corrected chi connectivity index (χ1v) is 10.9. The van der Waals surface area contributed by atoms with Gasteiger partial charge in [-0.3, -0.25) is 4.79 Å². The minimum atomic E-state index is -0.513. The molecule has 3 aliphatic rings. The smallest absolute Gasteiger partial charge is 0.417 e. The van der Waals surface area contributed by atoms with E-state index in [0.29, 0.717) is 25.3 Å². The molecule has 0 bridgehead atoms. The van der Waals surface area contributed by atoms with Gasteiger partial charge < -0.3 is 25.8 Å². The maximum Gasteiger partial charge on any atom is 0.417 e. The summed E-state index contributed by atoms with van der Waals surface area (Å²) in [5, 5.41) is 6.81. The number of halogens is 1. The van der Waals surface area contributed by atoms with Crippen molar-refractivity contribution in [1.82, 2.24) is 15.3 Å². The average Bonchev–Trinajstić information content (AvgIpc) is 3.31. The molecule has 168 valence electrons. The molecule has 1 fully saturated rings. The monoisotopic (exact) mass is 458 g/mol. The standard InChI is InChI=1S/C21H23ClN6O4/c22-15-3-1-2-13-14(15)6-11(18(13)23)7-24-5-4-12-9-28(21(30)32-12)20-25-8-16-19(27-20)26-17(29)10-31-16/h1-3,8,11-12,18,24H,4-7,9-10,23H2,(H,25,26,27,29). The number of anilines is 2. The third-order valence-electron chi connectivity index (χ3n) is 6.01. The number of nitrogens with two attached hydrogens (primary N) is 1. The van der Waals surface area contributed by atoms with Gasteiger partial charge in [0.05, 0.1) is 12.7 Å². The normalized spacial score (nSPS) is 23.9. The molecular weight excluding hydrogens is 436 g/mol. The van der Waals surface area contributed by atoms with Crippen LogP contribution >= 0.6 is 11.6 Å². The fourth-order valence-corrected chi connectivity index (χ4v) is 4.59. The second-order valence-corrected chi connectivity index (χ2v) is 8.53. The number of rotatable bonds is 6. The second-order valence-electron chi connectivity index (χ2n) is 8.13. The number of nitrogens with zero attached hydrogens (tertiary/aromatic N) is 3. The van der Waals surface area contributed by atoms with Gasteiger partial charge in [-0.05, 0) is 42.5 Å². The Kier molecular flexibility index (Phi) is 5.58. The SMILES string of the molecule is NC1c2cccc(Cl)c2CC1CNCCC1CN(c2ncc3c(n2)NC(=O)CO3)C(=O)O1. The lowest BCUT2D eigenvalue weighted by molar-refractivity contribution is -0.118. The van der Waals surface area contributed by atoms with Gasteiger partial charge in [0.1, 0.15) is 6.10 Å². The molecule has 3 heterocycles. The molecule has 2 amide bonds. The lowest BCUT2D eigenvalue weighted by Gasteiger charge is -2.18. The van der Waals surface area contributed by atoms with Gasteiger partial charge in [0.25, 0.3) is 5.91 Å². The number of amides is 2. The van der Waals surface area contributed by atoms with Crippen LogP contribution in [-0.2, 0) is 16.0 Å². The van der Waals surface area contributed by atoms with Crippen molar-refractivity contribution in [3.05, 3.63) is 40.5 Å². The van der Waals surface area contributed by atoms with Crippen LogP contribution in [-0.4, -0.2) is 54.3 Å². The van der Waals surface area contributed by atoms with Crippen molar-refractivity contribution in [3.63, 3.8) is 0 Å². The Labute approximate surface area is 189 Å². The molecule has 1 aromatic carbocycles. The lowest BCUT2D eigenvalue weighted by atomic mass is 10.0. The van der Waals surface area contributed by atoms with E-state index in [2.05, 4.69) is 20.6 Å². The summed E-state index contributed by atoms with van der Waals surface area (Å²) in [5.74, 6) is 0.756. The van der Waals surface area contributed by atoms with Crippen molar-refractivity contribution in [2.24, 2.45) is 11.7 Å². The van der Waals surface area contributed by atoms with Crippen molar-refractivity contribution >= 4 is 35.4 Å². The summed E-state index contributed by atoms with van der Waals surface area (Å²) in [5.41, 5.74) is 8.66. The van der Waals surface area contributed by atoms with Crippen molar-refractivity contribution < 1.29 is 19.1 Å². The van der Waals surface area contributed by atoms with Gasteiger partial charge >= 0.3 is 6.09 Å². The average molecular weight is 459 g/mol. The van der Waals surface area contributed by atoms with Crippen molar-refractivity contribution in [3.8, 4) is 5.75 Å². The fraction of sp³-hybridized carbons (Fsp3) is 0.429. The molecule has 11 heteroatoms. The van der Waals surface area contributed by atoms with E-state index in [1.54, 1.807) is 0 Å². The molecular formula is C21H23ClN6O4. The molecule has 5 rings (SSSR count). The van der Waals surface area contributed by atoms with Crippen LogP contribution < -0.4 is 26.0 Å². The molecule has 32 heavy (non-hydrogen) atoms. The van der Waals surface area contributed by atoms with Crippen LogP contribution in [0.4, 0.5) is 16.6 Å². The first kappa shape index (κ1) is 20.9. The molecule has 1 aliphatic carbocycles. The number of carbonyl (C=O) groups excluding carboxylic acids is 2. The van der Waals surface area contributed by atoms with Crippen LogP contribution in [0.2, 0.25) is 5.02 Å². The fourth-order valence-electron chi connectivity index (χ4n) is 4.33. The van der Waals surface area contributed by atoms with Crippen LogP contribution in [0, 0.1) is 5.92 Å². The Balaban J connectivity index is 1.12.